The molecular formula is C23H25N3O7. The molecule has 2 heterocycles. The lowest BCUT2D eigenvalue weighted by Gasteiger charge is -2.51. The van der Waals surface area contributed by atoms with Crippen LogP contribution in [0.2, 0.25) is 0 Å². The lowest BCUT2D eigenvalue weighted by atomic mass is 9.83. The Kier molecular flexibility index (Phi) is 7.24. The Balaban J connectivity index is 1.73. The number of benzene rings is 2. The zero-order valence-corrected chi connectivity index (χ0v) is 18.3. The molecule has 0 saturated carbocycles. The van der Waals surface area contributed by atoms with E-state index >= 15 is 0 Å². The third kappa shape index (κ3) is 4.45. The Labute approximate surface area is 190 Å². The van der Waals surface area contributed by atoms with Gasteiger partial charge in [-0.15, -0.1) is 0 Å². The van der Waals surface area contributed by atoms with Crippen molar-refractivity contribution < 1.29 is 33.2 Å². The number of esters is 1. The van der Waals surface area contributed by atoms with Gasteiger partial charge in [-0.25, -0.2) is 0 Å². The van der Waals surface area contributed by atoms with E-state index in [1.54, 1.807) is 0 Å². The van der Waals surface area contributed by atoms with Crippen LogP contribution >= 0.6 is 0 Å². The summed E-state index contributed by atoms with van der Waals surface area (Å²) in [5.41, 5.74) is 9.06. The van der Waals surface area contributed by atoms with E-state index in [1.165, 1.54) is 14.2 Å². The number of azide groups is 1. The van der Waals surface area contributed by atoms with Gasteiger partial charge in [0.05, 0.1) is 20.3 Å². The van der Waals surface area contributed by atoms with E-state index < -0.39 is 42.4 Å². The van der Waals surface area contributed by atoms with Crippen LogP contribution in [0, 0.1) is 0 Å². The Bertz CT molecular complexity index is 986. The average Bonchev–Trinajstić information content (AvgIpc) is 2.88. The van der Waals surface area contributed by atoms with Gasteiger partial charge in [-0.2, -0.15) is 0 Å². The van der Waals surface area contributed by atoms with Crippen molar-refractivity contribution in [3.8, 4) is 0 Å². The topological polar surface area (TPSA) is 121 Å². The van der Waals surface area contributed by atoms with Crippen molar-refractivity contribution in [2.75, 3.05) is 20.8 Å². The lowest BCUT2D eigenvalue weighted by molar-refractivity contribution is -0.356. The summed E-state index contributed by atoms with van der Waals surface area (Å²) in [7, 11) is 2.54. The van der Waals surface area contributed by atoms with Crippen LogP contribution in [0.15, 0.2) is 65.8 Å². The molecule has 10 nitrogen and oxygen atoms in total. The second kappa shape index (κ2) is 10.3. The number of carbonyl (C=O) groups excluding carboxylic acids is 1. The first-order valence-corrected chi connectivity index (χ1v) is 10.4. The van der Waals surface area contributed by atoms with E-state index in [1.807, 2.05) is 60.7 Å². The second-order valence-corrected chi connectivity index (χ2v) is 7.64. The zero-order valence-electron chi connectivity index (χ0n) is 18.3. The van der Waals surface area contributed by atoms with Crippen LogP contribution in [-0.2, 0) is 39.8 Å². The molecule has 0 spiro atoms. The molecule has 0 aromatic heterocycles. The predicted molar refractivity (Wildman–Crippen MR) is 115 cm³/mol. The van der Waals surface area contributed by atoms with E-state index in [-0.39, 0.29) is 13.2 Å². The molecule has 2 aliphatic heterocycles. The monoisotopic (exact) mass is 455 g/mol. The molecule has 0 bridgehead atoms. The smallest absolute Gasteiger partial charge is 0.325 e. The molecule has 2 aliphatic rings. The fraction of sp³-hybridized carbons (Fsp3) is 0.435. The molecule has 33 heavy (non-hydrogen) atoms. The molecule has 0 aliphatic carbocycles. The Morgan fingerprint density at radius 3 is 2.45 bits per heavy atom. The molecule has 0 amide bonds. The molecule has 1 unspecified atom stereocenters. The standard InChI is InChI=1S/C23H25N3O7/c1-28-21(27)23(25-26-24)19(30-13-15-9-5-3-6-10-15)18-17(32-22(23)29-2)14-31-20(33-18)16-11-7-4-8-12-16/h3-12,17-20,22H,13-14H2,1-2H3/t17-,18-,19+,20?,22+,23+/m1/s1. The number of rotatable bonds is 7. The minimum atomic E-state index is -1.98. The zero-order chi connectivity index (χ0) is 23.3. The quantitative estimate of drug-likeness (QED) is 0.272. The fourth-order valence-electron chi connectivity index (χ4n) is 4.17. The van der Waals surface area contributed by atoms with E-state index in [2.05, 4.69) is 10.0 Å². The van der Waals surface area contributed by atoms with Crippen molar-refractivity contribution in [1.29, 1.82) is 0 Å². The van der Waals surface area contributed by atoms with E-state index in [0.29, 0.717) is 0 Å². The Morgan fingerprint density at radius 2 is 1.82 bits per heavy atom. The first kappa shape index (κ1) is 23.2. The summed E-state index contributed by atoms with van der Waals surface area (Å²) in [6.07, 6.45) is -4.53. The molecule has 0 N–H and O–H groups in total. The van der Waals surface area contributed by atoms with Crippen molar-refractivity contribution in [3.63, 3.8) is 0 Å². The largest absolute Gasteiger partial charge is 0.468 e. The SMILES string of the molecule is COC(=O)[C@]1(N=[N+]=[N-])[C@@H](OC)O[C@@H]2COC(c3ccccc3)O[C@H]2[C@@H]1OCc1ccccc1. The number of hydrogen-bond acceptors (Lipinski definition) is 8. The second-order valence-electron chi connectivity index (χ2n) is 7.64. The molecule has 0 radical (unpaired) electrons. The van der Waals surface area contributed by atoms with Crippen LogP contribution in [0.25, 0.3) is 10.4 Å². The van der Waals surface area contributed by atoms with Crippen LogP contribution in [0.1, 0.15) is 17.4 Å². The van der Waals surface area contributed by atoms with Crippen LogP contribution in [0.4, 0.5) is 0 Å². The van der Waals surface area contributed by atoms with Crippen LogP contribution in [0.3, 0.4) is 0 Å². The average molecular weight is 455 g/mol. The van der Waals surface area contributed by atoms with Gasteiger partial charge in [-0.3, -0.25) is 4.79 Å². The van der Waals surface area contributed by atoms with E-state index in [9.17, 15) is 10.3 Å². The van der Waals surface area contributed by atoms with Crippen molar-refractivity contribution in [1.82, 2.24) is 0 Å². The first-order chi connectivity index (χ1) is 16.1. The third-order valence-electron chi connectivity index (χ3n) is 5.73. The normalized spacial score (nSPS) is 31.2. The predicted octanol–water partition coefficient (Wildman–Crippen LogP) is 3.28. The summed E-state index contributed by atoms with van der Waals surface area (Å²) < 4.78 is 34.8. The molecule has 10 heteroatoms. The molecule has 2 saturated heterocycles. The fourth-order valence-corrected chi connectivity index (χ4v) is 4.17. The highest BCUT2D eigenvalue weighted by Crippen LogP contribution is 2.43. The maximum atomic E-state index is 13.1. The van der Waals surface area contributed by atoms with Crippen LogP contribution < -0.4 is 0 Å². The van der Waals surface area contributed by atoms with Crippen molar-refractivity contribution in [2.24, 2.45) is 5.11 Å². The highest BCUT2D eigenvalue weighted by Gasteiger charge is 2.64. The van der Waals surface area contributed by atoms with Gasteiger partial charge < -0.3 is 28.4 Å². The summed E-state index contributed by atoms with van der Waals surface area (Å²) in [6, 6.07) is 18.8. The Morgan fingerprint density at radius 1 is 1.12 bits per heavy atom. The van der Waals surface area contributed by atoms with Gasteiger partial charge in [0.1, 0.15) is 18.3 Å². The molecule has 174 valence electrons. The highest BCUT2D eigenvalue weighted by molar-refractivity contribution is 5.83. The minimum absolute atomic E-state index is 0.130. The number of nitrogens with zero attached hydrogens (tertiary/aromatic N) is 3. The summed E-state index contributed by atoms with van der Waals surface area (Å²) >= 11 is 0. The summed E-state index contributed by atoms with van der Waals surface area (Å²) in [5, 5.41) is 3.83. The molecule has 6 atom stereocenters. The highest BCUT2D eigenvalue weighted by atomic mass is 16.8. The van der Waals surface area contributed by atoms with Crippen molar-refractivity contribution in [3.05, 3.63) is 82.2 Å². The third-order valence-corrected chi connectivity index (χ3v) is 5.73. The van der Waals surface area contributed by atoms with Crippen LogP contribution in [0.5, 0.6) is 0 Å². The number of ether oxygens (including phenoxy) is 6. The summed E-state index contributed by atoms with van der Waals surface area (Å²) in [4.78, 5) is 16.0. The maximum absolute atomic E-state index is 13.1. The lowest BCUT2D eigenvalue weighted by Crippen LogP contribution is -2.71. The van der Waals surface area contributed by atoms with Gasteiger partial charge in [0.15, 0.2) is 12.6 Å². The molecule has 2 fully saturated rings. The Hall–Kier alpha value is -2.98. The van der Waals surface area contributed by atoms with Gasteiger partial charge in [0, 0.05) is 17.6 Å². The maximum Gasteiger partial charge on any atom is 0.325 e. The molecular weight excluding hydrogens is 430 g/mol. The minimum Gasteiger partial charge on any atom is -0.468 e. The first-order valence-electron chi connectivity index (χ1n) is 10.4. The summed E-state index contributed by atoms with van der Waals surface area (Å²) in [6.45, 7) is 0.286. The van der Waals surface area contributed by atoms with Crippen molar-refractivity contribution in [2.45, 2.75) is 43.0 Å². The van der Waals surface area contributed by atoms with E-state index in [0.717, 1.165) is 11.1 Å². The number of methoxy groups -OCH3 is 2. The van der Waals surface area contributed by atoms with Gasteiger partial charge in [0.25, 0.3) is 0 Å². The van der Waals surface area contributed by atoms with Gasteiger partial charge in [-0.1, -0.05) is 65.8 Å². The van der Waals surface area contributed by atoms with E-state index in [4.69, 9.17) is 28.4 Å². The van der Waals surface area contributed by atoms with Crippen molar-refractivity contribution >= 4 is 5.97 Å². The molecule has 2 aromatic rings. The number of fused-ring (bicyclic) bond motifs is 1. The number of hydrogen-bond donors (Lipinski definition) is 0. The summed E-state index contributed by atoms with van der Waals surface area (Å²) in [5.74, 6) is -0.852. The van der Waals surface area contributed by atoms with Gasteiger partial charge in [0.2, 0.25) is 5.54 Å². The number of carbonyl (C=O) groups is 1. The molecule has 2 aromatic carbocycles. The van der Waals surface area contributed by atoms with Gasteiger partial charge >= 0.3 is 5.97 Å². The van der Waals surface area contributed by atoms with Gasteiger partial charge in [-0.05, 0) is 11.1 Å². The van der Waals surface area contributed by atoms with Crippen LogP contribution in [-0.4, -0.2) is 56.9 Å². The molecule has 4 rings (SSSR count).